The van der Waals surface area contributed by atoms with Gasteiger partial charge in [-0.1, -0.05) is 0 Å². The number of urea groups is 1. The van der Waals surface area contributed by atoms with E-state index in [0.29, 0.717) is 43.2 Å². The largest absolute Gasteiger partial charge is 0.493 e. The minimum absolute atomic E-state index is 0.00837. The lowest BCUT2D eigenvalue weighted by atomic mass is 9.98. The fourth-order valence-corrected chi connectivity index (χ4v) is 4.03. The van der Waals surface area contributed by atoms with E-state index in [9.17, 15) is 9.59 Å². The Labute approximate surface area is 170 Å². The van der Waals surface area contributed by atoms with Gasteiger partial charge in [-0.2, -0.15) is 0 Å². The van der Waals surface area contributed by atoms with E-state index in [2.05, 4.69) is 5.32 Å². The molecular weight excluding hydrogens is 370 g/mol. The minimum atomic E-state index is -0.0933. The average Bonchev–Trinajstić information content (AvgIpc) is 3.17. The quantitative estimate of drug-likeness (QED) is 0.864. The molecule has 0 aliphatic carbocycles. The van der Waals surface area contributed by atoms with E-state index in [4.69, 9.17) is 9.47 Å². The van der Waals surface area contributed by atoms with Crippen molar-refractivity contribution < 1.29 is 19.1 Å². The summed E-state index contributed by atoms with van der Waals surface area (Å²) in [6.07, 6.45) is 0.770. The highest BCUT2D eigenvalue weighted by Gasteiger charge is 2.26. The van der Waals surface area contributed by atoms with Crippen LogP contribution in [0.25, 0.3) is 0 Å². The third-order valence-electron chi connectivity index (χ3n) is 5.60. The van der Waals surface area contributed by atoms with Crippen LogP contribution in [0.5, 0.6) is 11.5 Å². The highest BCUT2D eigenvalue weighted by Crippen LogP contribution is 2.33. The molecule has 2 aliphatic heterocycles. The van der Waals surface area contributed by atoms with E-state index < -0.39 is 0 Å². The number of amides is 3. The first kappa shape index (κ1) is 19.1. The number of hydrogen-bond donors (Lipinski definition) is 1. The van der Waals surface area contributed by atoms with Crippen molar-refractivity contribution in [1.82, 2.24) is 10.2 Å². The number of benzene rings is 2. The lowest BCUT2D eigenvalue weighted by molar-refractivity contribution is 0.0734. The van der Waals surface area contributed by atoms with E-state index in [1.807, 2.05) is 36.1 Å². The van der Waals surface area contributed by atoms with Crippen LogP contribution in [0.4, 0.5) is 10.5 Å². The van der Waals surface area contributed by atoms with Gasteiger partial charge < -0.3 is 19.7 Å². The molecule has 4 rings (SSSR count). The summed E-state index contributed by atoms with van der Waals surface area (Å²) >= 11 is 0. The van der Waals surface area contributed by atoms with Crippen LogP contribution < -0.4 is 19.7 Å². The summed E-state index contributed by atoms with van der Waals surface area (Å²) in [4.78, 5) is 28.6. The number of nitrogens with one attached hydrogen (secondary N) is 1. The second-order valence-corrected chi connectivity index (χ2v) is 7.34. The highest BCUT2D eigenvalue weighted by atomic mass is 16.5. The van der Waals surface area contributed by atoms with Gasteiger partial charge in [-0.05, 0) is 60.4 Å². The maximum Gasteiger partial charge on any atom is 0.322 e. The van der Waals surface area contributed by atoms with E-state index in [1.54, 1.807) is 25.2 Å². The molecule has 2 aromatic rings. The van der Waals surface area contributed by atoms with Gasteiger partial charge in [0.05, 0.1) is 14.2 Å². The minimum Gasteiger partial charge on any atom is -0.493 e. The number of hydrogen-bond acceptors (Lipinski definition) is 4. The molecule has 0 unspecified atom stereocenters. The molecule has 0 radical (unpaired) electrons. The van der Waals surface area contributed by atoms with Crippen LogP contribution in [0.1, 0.15) is 27.0 Å². The Balaban J connectivity index is 1.55. The van der Waals surface area contributed by atoms with E-state index in [0.717, 1.165) is 23.2 Å². The van der Waals surface area contributed by atoms with Gasteiger partial charge in [0.2, 0.25) is 0 Å². The molecule has 0 spiro atoms. The highest BCUT2D eigenvalue weighted by molar-refractivity contribution is 5.98. The first-order valence-corrected chi connectivity index (χ1v) is 9.71. The number of carbonyl (C=O) groups excluding carboxylic acids is 2. The van der Waals surface area contributed by atoms with Gasteiger partial charge in [-0.25, -0.2) is 4.79 Å². The van der Waals surface area contributed by atoms with Crippen molar-refractivity contribution in [2.75, 3.05) is 38.8 Å². The summed E-state index contributed by atoms with van der Waals surface area (Å²) in [5.74, 6) is 1.37. The molecule has 29 heavy (non-hydrogen) atoms. The molecule has 3 amide bonds. The molecular formula is C22H25N3O4. The van der Waals surface area contributed by atoms with Crippen LogP contribution in [0.3, 0.4) is 0 Å². The van der Waals surface area contributed by atoms with E-state index in [-0.39, 0.29) is 11.9 Å². The number of nitrogens with zero attached hydrogens (tertiary/aromatic N) is 2. The first-order chi connectivity index (χ1) is 14.0. The van der Waals surface area contributed by atoms with Gasteiger partial charge in [0, 0.05) is 37.4 Å². The Morgan fingerprint density at radius 2 is 1.76 bits per heavy atom. The Morgan fingerprint density at radius 3 is 2.38 bits per heavy atom. The molecule has 2 aliphatic rings. The number of anilines is 1. The number of aryl methyl sites for hydroxylation is 1. The predicted molar refractivity (Wildman–Crippen MR) is 110 cm³/mol. The van der Waals surface area contributed by atoms with Gasteiger partial charge in [0.1, 0.15) is 0 Å². The lowest BCUT2D eigenvalue weighted by Gasteiger charge is -2.30. The van der Waals surface area contributed by atoms with Gasteiger partial charge >= 0.3 is 6.03 Å². The smallest absolute Gasteiger partial charge is 0.322 e. The molecule has 0 atom stereocenters. The molecule has 7 nitrogen and oxygen atoms in total. The van der Waals surface area contributed by atoms with Crippen LogP contribution >= 0.6 is 0 Å². The van der Waals surface area contributed by atoms with Crippen molar-refractivity contribution in [3.8, 4) is 11.5 Å². The maximum atomic E-state index is 13.1. The summed E-state index contributed by atoms with van der Waals surface area (Å²) in [7, 11) is 3.24. The summed E-state index contributed by atoms with van der Waals surface area (Å²) in [6, 6.07) is 9.39. The molecule has 1 N–H and O–H groups in total. The molecule has 1 saturated heterocycles. The SMILES string of the molecule is COc1cc2c(cc1OC)CN(C(=O)c1ccc(N3CCNC3=O)c(C)c1)CC2. The van der Waals surface area contributed by atoms with Crippen molar-refractivity contribution in [1.29, 1.82) is 0 Å². The van der Waals surface area contributed by atoms with Crippen molar-refractivity contribution in [2.24, 2.45) is 0 Å². The van der Waals surface area contributed by atoms with Crippen LogP contribution in [-0.2, 0) is 13.0 Å². The van der Waals surface area contributed by atoms with E-state index >= 15 is 0 Å². The van der Waals surface area contributed by atoms with Gasteiger partial charge in [-0.15, -0.1) is 0 Å². The molecule has 2 aromatic carbocycles. The molecule has 0 saturated carbocycles. The molecule has 152 valence electrons. The van der Waals surface area contributed by atoms with Gasteiger partial charge in [0.15, 0.2) is 11.5 Å². The number of carbonyl (C=O) groups is 2. The third kappa shape index (κ3) is 3.48. The van der Waals surface area contributed by atoms with Crippen LogP contribution in [0.2, 0.25) is 0 Å². The monoisotopic (exact) mass is 395 g/mol. The second kappa shape index (κ2) is 7.66. The summed E-state index contributed by atoms with van der Waals surface area (Å²) < 4.78 is 10.8. The molecule has 2 heterocycles. The average molecular weight is 395 g/mol. The molecule has 0 bridgehead atoms. The lowest BCUT2D eigenvalue weighted by Crippen LogP contribution is -2.36. The van der Waals surface area contributed by atoms with Crippen LogP contribution in [0, 0.1) is 6.92 Å². The molecule has 0 aromatic heterocycles. The maximum absolute atomic E-state index is 13.1. The van der Waals surface area contributed by atoms with Crippen LogP contribution in [0.15, 0.2) is 30.3 Å². The number of rotatable bonds is 4. The van der Waals surface area contributed by atoms with Crippen LogP contribution in [-0.4, -0.2) is 50.7 Å². The van der Waals surface area contributed by atoms with Crippen molar-refractivity contribution in [3.63, 3.8) is 0 Å². The van der Waals surface area contributed by atoms with Gasteiger partial charge in [-0.3, -0.25) is 9.69 Å². The fraction of sp³-hybridized carbons (Fsp3) is 0.364. The number of fused-ring (bicyclic) bond motifs is 1. The normalized spacial score (nSPS) is 15.8. The van der Waals surface area contributed by atoms with Crippen molar-refractivity contribution >= 4 is 17.6 Å². The summed E-state index contributed by atoms with van der Waals surface area (Å²) in [5, 5.41) is 2.80. The number of ether oxygens (including phenoxy) is 2. The Kier molecular flexibility index (Phi) is 5.05. The molecule has 7 heteroatoms. The number of methoxy groups -OCH3 is 2. The Morgan fingerprint density at radius 1 is 1.03 bits per heavy atom. The van der Waals surface area contributed by atoms with E-state index in [1.165, 1.54) is 5.56 Å². The summed E-state index contributed by atoms with van der Waals surface area (Å²) in [5.41, 5.74) is 4.64. The topological polar surface area (TPSA) is 71.1 Å². The molecule has 1 fully saturated rings. The fourth-order valence-electron chi connectivity index (χ4n) is 4.03. The zero-order valence-corrected chi connectivity index (χ0v) is 16.9. The predicted octanol–water partition coefficient (Wildman–Crippen LogP) is 2.74. The van der Waals surface area contributed by atoms with Crippen molar-refractivity contribution in [2.45, 2.75) is 19.9 Å². The zero-order valence-electron chi connectivity index (χ0n) is 16.9. The Hall–Kier alpha value is -3.22. The summed E-state index contributed by atoms with van der Waals surface area (Å²) in [6.45, 7) is 4.39. The zero-order chi connectivity index (χ0) is 20.5. The standard InChI is InChI=1S/C22H25N3O4/c1-14-10-16(4-5-18(14)25-9-7-23-22(25)27)21(26)24-8-6-15-11-19(28-2)20(29-3)12-17(15)13-24/h4-5,10-12H,6-9,13H2,1-3H3,(H,23,27). The van der Waals surface area contributed by atoms with Crippen molar-refractivity contribution in [3.05, 3.63) is 52.6 Å². The van der Waals surface area contributed by atoms with Gasteiger partial charge in [0.25, 0.3) is 5.91 Å². The first-order valence-electron chi connectivity index (χ1n) is 9.71. The Bertz CT molecular complexity index is 973. The second-order valence-electron chi connectivity index (χ2n) is 7.34. The third-order valence-corrected chi connectivity index (χ3v) is 5.60.